The van der Waals surface area contributed by atoms with Crippen molar-refractivity contribution in [2.24, 2.45) is 0 Å². The summed E-state index contributed by atoms with van der Waals surface area (Å²) in [4.78, 5) is 28.0. The van der Waals surface area contributed by atoms with Gasteiger partial charge in [-0.25, -0.2) is 12.8 Å². The molecule has 1 aliphatic rings. The van der Waals surface area contributed by atoms with Crippen LogP contribution in [-0.4, -0.2) is 50.0 Å². The molecule has 0 unspecified atom stereocenters. The third-order valence-corrected chi connectivity index (χ3v) is 8.11. The maximum absolute atomic E-state index is 13.8. The SMILES string of the molecule is C[C@H](C(=O)NC1CCCCC1)N(Cc1ccc(Cl)c(Cl)c1)C(=O)CN(c1cccc(F)c1)S(C)(=O)=O. The number of hydrogen-bond donors (Lipinski definition) is 1. The summed E-state index contributed by atoms with van der Waals surface area (Å²) in [6.07, 6.45) is 5.88. The maximum atomic E-state index is 13.8. The summed E-state index contributed by atoms with van der Waals surface area (Å²) in [6, 6.07) is 8.98. The van der Waals surface area contributed by atoms with Crippen LogP contribution in [0.5, 0.6) is 0 Å². The molecule has 36 heavy (non-hydrogen) atoms. The molecule has 2 aromatic rings. The number of carbonyl (C=O) groups excluding carboxylic acids is 2. The van der Waals surface area contributed by atoms with Crippen LogP contribution < -0.4 is 9.62 Å². The first-order valence-corrected chi connectivity index (χ1v) is 14.3. The van der Waals surface area contributed by atoms with Gasteiger partial charge >= 0.3 is 0 Å². The van der Waals surface area contributed by atoms with Gasteiger partial charge in [0.2, 0.25) is 21.8 Å². The highest BCUT2D eigenvalue weighted by Crippen LogP contribution is 2.25. The van der Waals surface area contributed by atoms with Crippen molar-refractivity contribution in [3.63, 3.8) is 0 Å². The van der Waals surface area contributed by atoms with E-state index in [0.29, 0.717) is 15.6 Å². The van der Waals surface area contributed by atoms with Crippen molar-refractivity contribution in [1.82, 2.24) is 10.2 Å². The Kier molecular flexibility index (Phi) is 9.60. The molecule has 1 aliphatic carbocycles. The van der Waals surface area contributed by atoms with Crippen LogP contribution in [-0.2, 0) is 26.2 Å². The van der Waals surface area contributed by atoms with E-state index >= 15 is 0 Å². The van der Waals surface area contributed by atoms with Gasteiger partial charge in [0.05, 0.1) is 22.0 Å². The Morgan fingerprint density at radius 3 is 2.39 bits per heavy atom. The van der Waals surface area contributed by atoms with Crippen molar-refractivity contribution in [3.05, 3.63) is 63.9 Å². The van der Waals surface area contributed by atoms with Crippen molar-refractivity contribution < 1.29 is 22.4 Å². The van der Waals surface area contributed by atoms with Gasteiger partial charge in [0, 0.05) is 12.6 Å². The van der Waals surface area contributed by atoms with Crippen LogP contribution >= 0.6 is 23.2 Å². The van der Waals surface area contributed by atoms with E-state index in [4.69, 9.17) is 23.2 Å². The largest absolute Gasteiger partial charge is 0.352 e. The molecular weight excluding hydrogens is 528 g/mol. The second-order valence-electron chi connectivity index (χ2n) is 9.04. The number of anilines is 1. The molecule has 0 aromatic heterocycles. The molecule has 0 saturated heterocycles. The molecule has 1 saturated carbocycles. The average molecular weight is 559 g/mol. The van der Waals surface area contributed by atoms with Crippen LogP contribution in [0.2, 0.25) is 10.0 Å². The van der Waals surface area contributed by atoms with Gasteiger partial charge in [-0.15, -0.1) is 0 Å². The second kappa shape index (κ2) is 12.3. The predicted molar refractivity (Wildman–Crippen MR) is 140 cm³/mol. The summed E-state index contributed by atoms with van der Waals surface area (Å²) < 4.78 is 39.7. The van der Waals surface area contributed by atoms with E-state index < -0.39 is 34.3 Å². The lowest BCUT2D eigenvalue weighted by molar-refractivity contribution is -0.139. The fourth-order valence-electron chi connectivity index (χ4n) is 4.23. The van der Waals surface area contributed by atoms with Gasteiger partial charge in [-0.05, 0) is 55.7 Å². The average Bonchev–Trinajstić information content (AvgIpc) is 2.82. The van der Waals surface area contributed by atoms with Crippen LogP contribution in [0, 0.1) is 5.82 Å². The number of carbonyl (C=O) groups is 2. The van der Waals surface area contributed by atoms with Gasteiger partial charge in [-0.2, -0.15) is 0 Å². The Labute approximate surface area is 221 Å². The van der Waals surface area contributed by atoms with E-state index in [-0.39, 0.29) is 24.2 Å². The Balaban J connectivity index is 1.89. The number of amides is 2. The highest BCUT2D eigenvalue weighted by Gasteiger charge is 2.31. The first-order valence-electron chi connectivity index (χ1n) is 11.7. The van der Waals surface area contributed by atoms with Gasteiger partial charge < -0.3 is 10.2 Å². The maximum Gasteiger partial charge on any atom is 0.244 e. The number of rotatable bonds is 9. The van der Waals surface area contributed by atoms with E-state index in [1.807, 2.05) is 0 Å². The van der Waals surface area contributed by atoms with Gasteiger partial charge in [-0.3, -0.25) is 13.9 Å². The van der Waals surface area contributed by atoms with Gasteiger partial charge in [0.15, 0.2) is 0 Å². The topological polar surface area (TPSA) is 86.8 Å². The smallest absolute Gasteiger partial charge is 0.244 e. The van der Waals surface area contributed by atoms with Crippen LogP contribution in [0.4, 0.5) is 10.1 Å². The Morgan fingerprint density at radius 2 is 1.78 bits per heavy atom. The Bertz CT molecular complexity index is 1210. The summed E-state index contributed by atoms with van der Waals surface area (Å²) in [5.41, 5.74) is 0.631. The van der Waals surface area contributed by atoms with Gasteiger partial charge in [-0.1, -0.05) is 54.6 Å². The fraction of sp³-hybridized carbons (Fsp3) is 0.440. The van der Waals surface area contributed by atoms with Gasteiger partial charge in [0.25, 0.3) is 0 Å². The van der Waals surface area contributed by atoms with Crippen molar-refractivity contribution in [2.45, 2.75) is 57.7 Å². The van der Waals surface area contributed by atoms with Crippen molar-refractivity contribution in [1.29, 1.82) is 0 Å². The molecular formula is C25H30Cl2FN3O4S. The molecule has 2 aromatic carbocycles. The normalized spacial score (nSPS) is 15.2. The molecule has 1 atom stereocenters. The van der Waals surface area contributed by atoms with Crippen LogP contribution in [0.25, 0.3) is 0 Å². The monoisotopic (exact) mass is 557 g/mol. The number of halogens is 3. The number of sulfonamides is 1. The second-order valence-corrected chi connectivity index (χ2v) is 11.8. The Hall–Kier alpha value is -2.36. The molecule has 0 aliphatic heterocycles. The lowest BCUT2D eigenvalue weighted by Crippen LogP contribution is -2.53. The minimum absolute atomic E-state index is 0.00424. The fourth-order valence-corrected chi connectivity index (χ4v) is 5.39. The third kappa shape index (κ3) is 7.57. The third-order valence-electron chi connectivity index (χ3n) is 6.23. The lowest BCUT2D eigenvalue weighted by Gasteiger charge is -2.33. The molecule has 0 spiro atoms. The van der Waals surface area contributed by atoms with Crippen molar-refractivity contribution >= 4 is 50.7 Å². The highest BCUT2D eigenvalue weighted by molar-refractivity contribution is 7.92. The first-order chi connectivity index (χ1) is 17.0. The molecule has 3 rings (SSSR count). The molecule has 1 N–H and O–H groups in total. The summed E-state index contributed by atoms with van der Waals surface area (Å²) in [7, 11) is -3.94. The summed E-state index contributed by atoms with van der Waals surface area (Å²) >= 11 is 12.2. The zero-order valence-electron chi connectivity index (χ0n) is 20.2. The molecule has 196 valence electrons. The van der Waals surface area contributed by atoms with Crippen molar-refractivity contribution in [3.8, 4) is 0 Å². The minimum atomic E-state index is -3.94. The molecule has 0 heterocycles. The molecule has 0 radical (unpaired) electrons. The molecule has 1 fully saturated rings. The summed E-state index contributed by atoms with van der Waals surface area (Å²) in [5.74, 6) is -1.59. The molecule has 0 bridgehead atoms. The minimum Gasteiger partial charge on any atom is -0.352 e. The van der Waals surface area contributed by atoms with E-state index in [2.05, 4.69) is 5.32 Å². The predicted octanol–water partition coefficient (Wildman–Crippen LogP) is 4.76. The summed E-state index contributed by atoms with van der Waals surface area (Å²) in [5, 5.41) is 3.65. The number of benzene rings is 2. The van der Waals surface area contributed by atoms with Crippen LogP contribution in [0.3, 0.4) is 0 Å². The quantitative estimate of drug-likeness (QED) is 0.481. The van der Waals surface area contributed by atoms with Gasteiger partial charge in [0.1, 0.15) is 18.4 Å². The van der Waals surface area contributed by atoms with Crippen LogP contribution in [0.1, 0.15) is 44.6 Å². The zero-order chi connectivity index (χ0) is 26.5. The highest BCUT2D eigenvalue weighted by atomic mass is 35.5. The zero-order valence-corrected chi connectivity index (χ0v) is 22.5. The summed E-state index contributed by atoms with van der Waals surface area (Å²) in [6.45, 7) is 0.987. The first kappa shape index (κ1) is 28.2. The standard InChI is InChI=1S/C25H30Cl2FN3O4S/c1-17(25(33)29-20-8-4-3-5-9-20)30(15-18-11-12-22(26)23(27)13-18)24(32)16-31(36(2,34)35)21-10-6-7-19(28)14-21/h6-7,10-14,17,20H,3-5,8-9,15-16H2,1-2H3,(H,29,33)/t17-/m1/s1. The molecule has 2 amide bonds. The van der Waals surface area contributed by atoms with Crippen molar-refractivity contribution in [2.75, 3.05) is 17.1 Å². The number of nitrogens with zero attached hydrogens (tertiary/aromatic N) is 2. The number of hydrogen-bond acceptors (Lipinski definition) is 4. The van der Waals surface area contributed by atoms with E-state index in [9.17, 15) is 22.4 Å². The lowest BCUT2D eigenvalue weighted by atomic mass is 9.95. The van der Waals surface area contributed by atoms with E-state index in [0.717, 1.165) is 48.7 Å². The molecule has 11 heteroatoms. The van der Waals surface area contributed by atoms with Crippen LogP contribution in [0.15, 0.2) is 42.5 Å². The Morgan fingerprint density at radius 1 is 1.08 bits per heavy atom. The number of nitrogens with one attached hydrogen (secondary N) is 1. The van der Waals surface area contributed by atoms with E-state index in [1.165, 1.54) is 23.1 Å². The molecule has 7 nitrogen and oxygen atoms in total. The van der Waals surface area contributed by atoms with E-state index in [1.54, 1.807) is 25.1 Å².